The summed E-state index contributed by atoms with van der Waals surface area (Å²) in [4.78, 5) is 23.8. The van der Waals surface area contributed by atoms with Crippen LogP contribution in [0.15, 0.2) is 36.0 Å². The van der Waals surface area contributed by atoms with E-state index in [1.165, 1.54) is 11.1 Å². The van der Waals surface area contributed by atoms with Gasteiger partial charge in [-0.3, -0.25) is 9.59 Å². The summed E-state index contributed by atoms with van der Waals surface area (Å²) in [7, 11) is 0. The molecule has 148 valence electrons. The van der Waals surface area contributed by atoms with Gasteiger partial charge < -0.3 is 10.4 Å². The molecule has 3 rings (SSSR count). The average molecular weight is 372 g/mol. The zero-order valence-corrected chi connectivity index (χ0v) is 16.9. The predicted molar refractivity (Wildman–Crippen MR) is 107 cm³/mol. The van der Waals surface area contributed by atoms with Gasteiger partial charge in [0.2, 0.25) is 5.91 Å². The number of carboxylic acid groups (broad SMARTS) is 1. The van der Waals surface area contributed by atoms with Crippen LogP contribution in [-0.2, 0) is 9.59 Å². The Morgan fingerprint density at radius 3 is 2.74 bits per heavy atom. The molecule has 2 saturated carbocycles. The third-order valence-corrected chi connectivity index (χ3v) is 7.45. The lowest BCUT2D eigenvalue weighted by Crippen LogP contribution is -2.54. The Morgan fingerprint density at radius 1 is 1.33 bits per heavy atom. The summed E-state index contributed by atoms with van der Waals surface area (Å²) in [6.07, 6.45) is 12.8. The van der Waals surface area contributed by atoms with Crippen LogP contribution in [0.2, 0.25) is 0 Å². The van der Waals surface area contributed by atoms with Gasteiger partial charge >= 0.3 is 5.97 Å². The number of fused-ring (bicyclic) bond motifs is 3. The van der Waals surface area contributed by atoms with Crippen LogP contribution in [0.25, 0.3) is 0 Å². The Labute approximate surface area is 162 Å². The van der Waals surface area contributed by atoms with E-state index in [9.17, 15) is 9.59 Å². The molecule has 27 heavy (non-hydrogen) atoms. The van der Waals surface area contributed by atoms with Gasteiger partial charge in [-0.05, 0) is 54.6 Å². The van der Waals surface area contributed by atoms with E-state index < -0.39 is 11.4 Å². The van der Waals surface area contributed by atoms with Crippen LogP contribution in [-0.4, -0.2) is 23.5 Å². The van der Waals surface area contributed by atoms with Crippen LogP contribution < -0.4 is 5.32 Å². The number of carbonyl (C=O) groups excluding carboxylic acids is 1. The topological polar surface area (TPSA) is 66.4 Å². The van der Waals surface area contributed by atoms with Crippen molar-refractivity contribution < 1.29 is 14.7 Å². The van der Waals surface area contributed by atoms with Gasteiger partial charge in [-0.2, -0.15) is 0 Å². The number of carbonyl (C=O) groups is 2. The van der Waals surface area contributed by atoms with Crippen LogP contribution in [0.3, 0.4) is 0 Å². The maximum absolute atomic E-state index is 13.1. The van der Waals surface area contributed by atoms with Gasteiger partial charge in [-0.25, -0.2) is 0 Å². The summed E-state index contributed by atoms with van der Waals surface area (Å²) < 4.78 is 0. The second-order valence-corrected chi connectivity index (χ2v) is 9.38. The maximum atomic E-state index is 13.1. The van der Waals surface area contributed by atoms with E-state index in [1.54, 1.807) is 0 Å². The van der Waals surface area contributed by atoms with E-state index in [2.05, 4.69) is 44.8 Å². The molecule has 4 nitrogen and oxygen atoms in total. The Hall–Kier alpha value is -1.84. The first kappa shape index (κ1) is 19.9. The van der Waals surface area contributed by atoms with Crippen molar-refractivity contribution in [2.75, 3.05) is 6.54 Å². The molecule has 1 amide bonds. The highest BCUT2D eigenvalue weighted by Crippen LogP contribution is 2.62. The number of hydrogen-bond acceptors (Lipinski definition) is 2. The third-order valence-electron chi connectivity index (χ3n) is 7.45. The average Bonchev–Trinajstić information content (AvgIpc) is 2.60. The quantitative estimate of drug-likeness (QED) is 0.692. The summed E-state index contributed by atoms with van der Waals surface area (Å²) >= 11 is 0. The number of nitrogens with one attached hydrogen (secondary N) is 1. The number of rotatable bonds is 5. The molecule has 0 heterocycles. The zero-order chi connectivity index (χ0) is 19.9. The summed E-state index contributed by atoms with van der Waals surface area (Å²) in [6.45, 7) is 10.9. The van der Waals surface area contributed by atoms with Gasteiger partial charge in [0.1, 0.15) is 0 Å². The van der Waals surface area contributed by atoms with Gasteiger partial charge in [0.15, 0.2) is 0 Å². The van der Waals surface area contributed by atoms with Crippen molar-refractivity contribution in [3.8, 4) is 0 Å². The molecule has 3 aliphatic rings. The molecule has 4 heteroatoms. The number of aliphatic carboxylic acids is 1. The van der Waals surface area contributed by atoms with Crippen LogP contribution >= 0.6 is 0 Å². The lowest BCUT2D eigenvalue weighted by molar-refractivity contribution is -0.141. The molecule has 0 aliphatic heterocycles. The van der Waals surface area contributed by atoms with E-state index >= 15 is 0 Å². The largest absolute Gasteiger partial charge is 0.481 e. The third kappa shape index (κ3) is 3.39. The van der Waals surface area contributed by atoms with Crippen molar-refractivity contribution in [1.82, 2.24) is 5.32 Å². The van der Waals surface area contributed by atoms with E-state index in [0.717, 1.165) is 38.5 Å². The minimum absolute atomic E-state index is 0.0176. The van der Waals surface area contributed by atoms with Gasteiger partial charge in [0.25, 0.3) is 0 Å². The molecule has 0 saturated heterocycles. The van der Waals surface area contributed by atoms with E-state index in [1.807, 2.05) is 6.08 Å². The monoisotopic (exact) mass is 371 g/mol. The van der Waals surface area contributed by atoms with Crippen molar-refractivity contribution >= 4 is 11.9 Å². The maximum Gasteiger partial charge on any atom is 0.305 e. The fraction of sp³-hybridized carbons (Fsp3) is 0.652. The Bertz CT molecular complexity index is 721. The summed E-state index contributed by atoms with van der Waals surface area (Å²) in [6, 6.07) is 0. The van der Waals surface area contributed by atoms with Crippen molar-refractivity contribution in [3.63, 3.8) is 0 Å². The molecule has 2 N–H and O–H groups in total. The van der Waals surface area contributed by atoms with Crippen molar-refractivity contribution in [1.29, 1.82) is 0 Å². The molecule has 0 aromatic heterocycles. The SMILES string of the molecule is C=C[C@]1(C)C=C2CCC3[C@](C)(C(=O)NCCC(=O)O)CCC[C@@]3(C)C2=CC1. The van der Waals surface area contributed by atoms with Gasteiger partial charge in [0, 0.05) is 12.0 Å². The van der Waals surface area contributed by atoms with Crippen LogP contribution in [0.5, 0.6) is 0 Å². The molecule has 2 fully saturated rings. The van der Waals surface area contributed by atoms with Crippen LogP contribution in [0.4, 0.5) is 0 Å². The van der Waals surface area contributed by atoms with Crippen LogP contribution in [0, 0.1) is 22.2 Å². The lowest BCUT2D eigenvalue weighted by Gasteiger charge is -2.56. The standard InChI is InChI=1S/C23H33NO3/c1-5-21(2)13-9-17-16(15-21)7-8-18-22(17,3)11-6-12-23(18,4)20(27)24-14-10-19(25)26/h5,9,15,18H,1,6-8,10-14H2,2-4H3,(H,24,27)(H,25,26)/t18?,21-,22-,23+/m0/s1. The van der Waals surface area contributed by atoms with E-state index in [0.29, 0.717) is 5.92 Å². The van der Waals surface area contributed by atoms with Gasteiger partial charge in [-0.15, -0.1) is 6.58 Å². The first-order valence-corrected chi connectivity index (χ1v) is 10.2. The fourth-order valence-electron chi connectivity index (χ4n) is 5.83. The number of amides is 1. The van der Waals surface area contributed by atoms with Crippen LogP contribution in [0.1, 0.15) is 65.7 Å². The Morgan fingerprint density at radius 2 is 2.07 bits per heavy atom. The fourth-order valence-corrected chi connectivity index (χ4v) is 5.83. The highest BCUT2D eigenvalue weighted by atomic mass is 16.4. The number of hydrogen-bond donors (Lipinski definition) is 2. The zero-order valence-electron chi connectivity index (χ0n) is 16.9. The molecule has 0 bridgehead atoms. The number of carboxylic acids is 1. The lowest BCUT2D eigenvalue weighted by atomic mass is 9.47. The highest BCUT2D eigenvalue weighted by Gasteiger charge is 2.56. The van der Waals surface area contributed by atoms with Crippen molar-refractivity contribution in [2.45, 2.75) is 65.7 Å². The molecule has 4 atom stereocenters. The molecule has 0 spiro atoms. The first-order valence-electron chi connectivity index (χ1n) is 10.2. The summed E-state index contributed by atoms with van der Waals surface area (Å²) in [5, 5.41) is 11.8. The second kappa shape index (κ2) is 6.96. The number of allylic oxidation sites excluding steroid dienone is 5. The Kier molecular flexibility index (Phi) is 5.13. The molecule has 0 aromatic rings. The van der Waals surface area contributed by atoms with Crippen molar-refractivity contribution in [2.24, 2.45) is 22.2 Å². The molecular weight excluding hydrogens is 338 g/mol. The molecular formula is C23H33NO3. The second-order valence-electron chi connectivity index (χ2n) is 9.38. The summed E-state index contributed by atoms with van der Waals surface area (Å²) in [5.41, 5.74) is 2.51. The summed E-state index contributed by atoms with van der Waals surface area (Å²) in [5.74, 6) is -0.557. The Balaban J connectivity index is 1.86. The normalized spacial score (nSPS) is 38.0. The van der Waals surface area contributed by atoms with E-state index in [4.69, 9.17) is 5.11 Å². The minimum Gasteiger partial charge on any atom is -0.481 e. The smallest absolute Gasteiger partial charge is 0.305 e. The highest BCUT2D eigenvalue weighted by molar-refractivity contribution is 5.83. The van der Waals surface area contributed by atoms with Crippen molar-refractivity contribution in [3.05, 3.63) is 36.0 Å². The molecule has 0 radical (unpaired) electrons. The van der Waals surface area contributed by atoms with E-state index in [-0.39, 0.29) is 29.7 Å². The van der Waals surface area contributed by atoms with Gasteiger partial charge in [0.05, 0.1) is 11.8 Å². The predicted octanol–water partition coefficient (Wildman–Crippen LogP) is 4.63. The first-order chi connectivity index (χ1) is 12.6. The minimum atomic E-state index is -0.876. The van der Waals surface area contributed by atoms with Gasteiger partial charge in [-0.1, -0.05) is 45.4 Å². The molecule has 3 aliphatic carbocycles. The molecule has 1 unspecified atom stereocenters. The molecule has 0 aromatic carbocycles.